The summed E-state index contributed by atoms with van der Waals surface area (Å²) < 4.78 is 0. The van der Waals surface area contributed by atoms with Crippen molar-refractivity contribution in [2.24, 2.45) is 5.92 Å². The average Bonchev–Trinajstić information content (AvgIpc) is 2.78. The van der Waals surface area contributed by atoms with Crippen LogP contribution in [-0.2, 0) is 4.79 Å². The average molecular weight is 462 g/mol. The lowest BCUT2D eigenvalue weighted by Gasteiger charge is -2.32. The Balaban J connectivity index is 1.44. The Morgan fingerprint density at radius 1 is 1.00 bits per heavy atom. The molecule has 30 heavy (non-hydrogen) atoms. The molecule has 3 aromatic rings. The van der Waals surface area contributed by atoms with Gasteiger partial charge in [0.2, 0.25) is 5.91 Å². The lowest BCUT2D eigenvalue weighted by atomic mass is 9.97. The molecule has 1 saturated heterocycles. The fourth-order valence-corrected chi connectivity index (χ4v) is 3.98. The zero-order valence-corrected chi connectivity index (χ0v) is 18.3. The second kappa shape index (κ2) is 9.21. The summed E-state index contributed by atoms with van der Waals surface area (Å²) in [5.41, 5.74) is 2.25. The van der Waals surface area contributed by atoms with Crippen LogP contribution in [0.25, 0.3) is 11.3 Å². The molecule has 8 heteroatoms. The first-order valence-corrected chi connectivity index (χ1v) is 10.7. The quantitative estimate of drug-likeness (QED) is 0.521. The highest BCUT2D eigenvalue weighted by Crippen LogP contribution is 2.31. The van der Waals surface area contributed by atoms with E-state index in [1.54, 1.807) is 18.2 Å². The van der Waals surface area contributed by atoms with E-state index in [1.807, 2.05) is 36.4 Å². The van der Waals surface area contributed by atoms with Crippen LogP contribution in [0.4, 0.5) is 11.5 Å². The van der Waals surface area contributed by atoms with Gasteiger partial charge in [-0.2, -0.15) is 0 Å². The van der Waals surface area contributed by atoms with Gasteiger partial charge in [-0.3, -0.25) is 4.79 Å². The Labute approximate surface area is 190 Å². The van der Waals surface area contributed by atoms with E-state index in [0.29, 0.717) is 27.3 Å². The Hall–Kier alpha value is -2.34. The summed E-state index contributed by atoms with van der Waals surface area (Å²) in [5, 5.41) is 13.1. The van der Waals surface area contributed by atoms with Gasteiger partial charge in [0.25, 0.3) is 0 Å². The molecular formula is C22H19Cl3N4O. The number of hydrogen-bond acceptors (Lipinski definition) is 4. The second-order valence-electron chi connectivity index (χ2n) is 7.16. The molecule has 0 bridgehead atoms. The summed E-state index contributed by atoms with van der Waals surface area (Å²) in [6.45, 7) is 1.40. The number of rotatable bonds is 4. The van der Waals surface area contributed by atoms with E-state index in [9.17, 15) is 4.79 Å². The number of piperidine rings is 1. The number of halogens is 3. The van der Waals surface area contributed by atoms with Crippen molar-refractivity contribution in [2.75, 3.05) is 23.3 Å². The van der Waals surface area contributed by atoms with Crippen LogP contribution in [0.3, 0.4) is 0 Å². The number of anilines is 2. The second-order valence-corrected chi connectivity index (χ2v) is 8.38. The summed E-state index contributed by atoms with van der Waals surface area (Å²) >= 11 is 18.2. The molecule has 1 aliphatic rings. The molecule has 0 spiro atoms. The molecule has 2 heterocycles. The summed E-state index contributed by atoms with van der Waals surface area (Å²) in [7, 11) is 0. The molecular weight excluding hydrogens is 443 g/mol. The van der Waals surface area contributed by atoms with Crippen LogP contribution >= 0.6 is 34.8 Å². The van der Waals surface area contributed by atoms with Gasteiger partial charge in [-0.25, -0.2) is 0 Å². The highest BCUT2D eigenvalue weighted by atomic mass is 35.5. The minimum Gasteiger partial charge on any atom is -0.354 e. The predicted molar refractivity (Wildman–Crippen MR) is 123 cm³/mol. The van der Waals surface area contributed by atoms with E-state index >= 15 is 0 Å². The van der Waals surface area contributed by atoms with Gasteiger partial charge in [-0.05, 0) is 49.2 Å². The molecule has 1 N–H and O–H groups in total. The fraction of sp³-hybridized carbons (Fsp3) is 0.227. The van der Waals surface area contributed by atoms with Crippen molar-refractivity contribution in [3.05, 3.63) is 69.7 Å². The molecule has 0 radical (unpaired) electrons. The normalized spacial score (nSPS) is 16.4. The maximum Gasteiger partial charge on any atom is 0.229 e. The third kappa shape index (κ3) is 4.69. The lowest BCUT2D eigenvalue weighted by molar-refractivity contribution is -0.120. The van der Waals surface area contributed by atoms with Crippen LogP contribution < -0.4 is 10.2 Å². The summed E-state index contributed by atoms with van der Waals surface area (Å²) in [4.78, 5) is 14.9. The topological polar surface area (TPSA) is 58.1 Å². The van der Waals surface area contributed by atoms with Crippen LogP contribution in [0.2, 0.25) is 15.1 Å². The first kappa shape index (κ1) is 20.9. The van der Waals surface area contributed by atoms with Crippen molar-refractivity contribution in [1.82, 2.24) is 10.2 Å². The van der Waals surface area contributed by atoms with E-state index in [4.69, 9.17) is 34.8 Å². The van der Waals surface area contributed by atoms with Gasteiger partial charge in [0.15, 0.2) is 5.82 Å². The molecule has 154 valence electrons. The van der Waals surface area contributed by atoms with Gasteiger partial charge < -0.3 is 10.2 Å². The minimum atomic E-state index is -0.174. The van der Waals surface area contributed by atoms with Crippen LogP contribution in [0, 0.1) is 5.92 Å². The number of nitrogens with zero attached hydrogens (tertiary/aromatic N) is 3. The van der Waals surface area contributed by atoms with Crippen molar-refractivity contribution in [1.29, 1.82) is 0 Å². The van der Waals surface area contributed by atoms with E-state index in [0.717, 1.165) is 36.5 Å². The van der Waals surface area contributed by atoms with Gasteiger partial charge >= 0.3 is 0 Å². The molecule has 5 nitrogen and oxygen atoms in total. The van der Waals surface area contributed by atoms with Crippen LogP contribution in [0.15, 0.2) is 54.6 Å². The Bertz CT molecular complexity index is 1040. The van der Waals surface area contributed by atoms with E-state index in [1.165, 1.54) is 0 Å². The molecule has 1 amide bonds. The summed E-state index contributed by atoms with van der Waals surface area (Å²) in [6.07, 6.45) is 1.69. The van der Waals surface area contributed by atoms with Crippen molar-refractivity contribution >= 4 is 52.2 Å². The molecule has 0 saturated carbocycles. The number of amides is 1. The van der Waals surface area contributed by atoms with Crippen LogP contribution in [-0.4, -0.2) is 29.2 Å². The Morgan fingerprint density at radius 3 is 2.53 bits per heavy atom. The van der Waals surface area contributed by atoms with Crippen molar-refractivity contribution < 1.29 is 4.79 Å². The third-order valence-electron chi connectivity index (χ3n) is 5.12. The highest BCUT2D eigenvalue weighted by Gasteiger charge is 2.27. The summed E-state index contributed by atoms with van der Waals surface area (Å²) in [5.74, 6) is 0.507. The first-order chi connectivity index (χ1) is 14.5. The zero-order chi connectivity index (χ0) is 21.1. The smallest absolute Gasteiger partial charge is 0.229 e. The maximum atomic E-state index is 12.8. The maximum absolute atomic E-state index is 12.8. The molecule has 1 aromatic heterocycles. The van der Waals surface area contributed by atoms with Gasteiger partial charge in [0, 0.05) is 23.7 Å². The molecule has 1 aliphatic heterocycles. The number of nitrogens with one attached hydrogen (secondary N) is 1. The van der Waals surface area contributed by atoms with E-state index < -0.39 is 0 Å². The van der Waals surface area contributed by atoms with Crippen LogP contribution in [0.5, 0.6) is 0 Å². The molecule has 2 aromatic carbocycles. The van der Waals surface area contributed by atoms with Gasteiger partial charge in [-0.1, -0.05) is 53.0 Å². The van der Waals surface area contributed by atoms with E-state index in [2.05, 4.69) is 20.4 Å². The fourth-order valence-electron chi connectivity index (χ4n) is 3.50. The molecule has 1 unspecified atom stereocenters. The van der Waals surface area contributed by atoms with Crippen molar-refractivity contribution in [3.63, 3.8) is 0 Å². The SMILES string of the molecule is O=C(Nc1cccc(Cl)c1Cl)C1CCCN(c2ccc(-c3ccc(Cl)cc3)nn2)C1. The van der Waals surface area contributed by atoms with Gasteiger partial charge in [-0.15, -0.1) is 10.2 Å². The molecule has 1 atom stereocenters. The molecule has 0 aliphatic carbocycles. The third-order valence-corrected chi connectivity index (χ3v) is 6.19. The van der Waals surface area contributed by atoms with Crippen LogP contribution in [0.1, 0.15) is 12.8 Å². The number of benzene rings is 2. The Morgan fingerprint density at radius 2 is 1.80 bits per heavy atom. The lowest BCUT2D eigenvalue weighted by Crippen LogP contribution is -2.41. The van der Waals surface area contributed by atoms with Gasteiger partial charge in [0.05, 0.1) is 27.3 Å². The highest BCUT2D eigenvalue weighted by molar-refractivity contribution is 6.44. The van der Waals surface area contributed by atoms with Gasteiger partial charge in [0.1, 0.15) is 0 Å². The standard InChI is InChI=1S/C22H19Cl3N4O/c23-16-8-6-14(7-9-16)18-10-11-20(28-27-18)29-12-2-3-15(13-29)22(30)26-19-5-1-4-17(24)21(19)25/h1,4-11,15H,2-3,12-13H2,(H,26,30). The predicted octanol–water partition coefficient (Wildman–Crippen LogP) is 5.96. The largest absolute Gasteiger partial charge is 0.354 e. The monoisotopic (exact) mass is 460 g/mol. The summed E-state index contributed by atoms with van der Waals surface area (Å²) in [6, 6.07) is 16.5. The number of carbonyl (C=O) groups excluding carboxylic acids is 1. The number of aromatic nitrogens is 2. The Kier molecular flexibility index (Phi) is 6.42. The van der Waals surface area contributed by atoms with Crippen molar-refractivity contribution in [3.8, 4) is 11.3 Å². The minimum absolute atomic E-state index is 0.0744. The van der Waals surface area contributed by atoms with Crippen molar-refractivity contribution in [2.45, 2.75) is 12.8 Å². The first-order valence-electron chi connectivity index (χ1n) is 9.61. The molecule has 4 rings (SSSR count). The molecule has 1 fully saturated rings. The zero-order valence-electron chi connectivity index (χ0n) is 16.0. The number of hydrogen-bond donors (Lipinski definition) is 1. The number of carbonyl (C=O) groups is 1. The van der Waals surface area contributed by atoms with E-state index in [-0.39, 0.29) is 11.8 Å².